The van der Waals surface area contributed by atoms with E-state index in [0.29, 0.717) is 12.5 Å². The Kier molecular flexibility index (Phi) is 4.74. The van der Waals surface area contributed by atoms with Gasteiger partial charge in [0.1, 0.15) is 5.69 Å². The molecule has 1 aliphatic rings. The van der Waals surface area contributed by atoms with E-state index in [2.05, 4.69) is 17.3 Å². The van der Waals surface area contributed by atoms with Gasteiger partial charge in [0.2, 0.25) is 0 Å². The standard InChI is InChI=1S/C14H19N3O4/c1-16-7-5-10(6-8-16)9-15-13-11(14(18)19)3-2-4-12(13)17(20)21/h2-4,10,15H,5-9H2,1H3,(H,18,19). The van der Waals surface area contributed by atoms with Gasteiger partial charge in [-0.15, -0.1) is 0 Å². The second kappa shape index (κ2) is 6.53. The van der Waals surface area contributed by atoms with Gasteiger partial charge in [-0.25, -0.2) is 4.79 Å². The molecule has 2 N–H and O–H groups in total. The second-order valence-electron chi connectivity index (χ2n) is 5.39. The summed E-state index contributed by atoms with van der Waals surface area (Å²) in [5.74, 6) is -0.757. The Balaban J connectivity index is 2.14. The number of carbonyl (C=O) groups is 1. The maximum atomic E-state index is 11.2. The van der Waals surface area contributed by atoms with Crippen LogP contribution in [0, 0.1) is 16.0 Å². The van der Waals surface area contributed by atoms with Gasteiger partial charge >= 0.3 is 5.97 Å². The number of hydrogen-bond donors (Lipinski definition) is 2. The summed E-state index contributed by atoms with van der Waals surface area (Å²) in [7, 11) is 2.06. The third kappa shape index (κ3) is 3.69. The molecule has 7 heteroatoms. The smallest absolute Gasteiger partial charge is 0.338 e. The molecule has 21 heavy (non-hydrogen) atoms. The Labute approximate surface area is 122 Å². The Morgan fingerprint density at radius 3 is 2.71 bits per heavy atom. The van der Waals surface area contributed by atoms with Gasteiger partial charge in [-0.05, 0) is 45.0 Å². The van der Waals surface area contributed by atoms with E-state index in [9.17, 15) is 20.0 Å². The lowest BCUT2D eigenvalue weighted by Crippen LogP contribution is -2.33. The lowest BCUT2D eigenvalue weighted by atomic mass is 9.97. The molecule has 0 atom stereocenters. The topological polar surface area (TPSA) is 95.7 Å². The van der Waals surface area contributed by atoms with Crippen molar-refractivity contribution in [1.29, 1.82) is 0 Å². The van der Waals surface area contributed by atoms with Crippen LogP contribution in [0.2, 0.25) is 0 Å². The van der Waals surface area contributed by atoms with Crippen LogP contribution in [0.3, 0.4) is 0 Å². The van der Waals surface area contributed by atoms with Gasteiger partial charge in [0.05, 0.1) is 10.5 Å². The molecular weight excluding hydrogens is 274 g/mol. The average molecular weight is 293 g/mol. The molecule has 0 aliphatic carbocycles. The van der Waals surface area contributed by atoms with Gasteiger partial charge in [-0.3, -0.25) is 10.1 Å². The molecule has 0 saturated carbocycles. The fourth-order valence-corrected chi connectivity index (χ4v) is 2.57. The number of nitrogens with zero attached hydrogens (tertiary/aromatic N) is 2. The number of carboxylic acids is 1. The number of likely N-dealkylation sites (tertiary alicyclic amines) is 1. The molecule has 2 rings (SSSR count). The van der Waals surface area contributed by atoms with Crippen LogP contribution in [-0.4, -0.2) is 47.6 Å². The van der Waals surface area contributed by atoms with Gasteiger partial charge in [-0.2, -0.15) is 0 Å². The predicted octanol–water partition coefficient (Wildman–Crippen LogP) is 2.05. The number of aromatic carboxylic acids is 1. The second-order valence-corrected chi connectivity index (χ2v) is 5.39. The first-order valence-electron chi connectivity index (χ1n) is 6.92. The highest BCUT2D eigenvalue weighted by atomic mass is 16.6. The summed E-state index contributed by atoms with van der Waals surface area (Å²) in [6, 6.07) is 4.10. The van der Waals surface area contributed by atoms with Crippen LogP contribution in [0.15, 0.2) is 18.2 Å². The predicted molar refractivity (Wildman–Crippen MR) is 78.8 cm³/mol. The Morgan fingerprint density at radius 1 is 1.48 bits per heavy atom. The number of nitro benzene ring substituents is 1. The Hall–Kier alpha value is -2.15. The molecule has 0 radical (unpaired) electrons. The van der Waals surface area contributed by atoms with Crippen LogP contribution in [-0.2, 0) is 0 Å². The fraction of sp³-hybridized carbons (Fsp3) is 0.500. The highest BCUT2D eigenvalue weighted by molar-refractivity contribution is 5.96. The van der Waals surface area contributed by atoms with Crippen molar-refractivity contribution in [2.24, 2.45) is 5.92 Å². The third-order valence-electron chi connectivity index (χ3n) is 3.88. The van der Waals surface area contributed by atoms with Gasteiger partial charge in [-0.1, -0.05) is 6.07 Å². The van der Waals surface area contributed by atoms with E-state index in [1.807, 2.05) is 0 Å². The molecule has 0 unspecified atom stereocenters. The SMILES string of the molecule is CN1CCC(CNc2c(C(=O)O)cccc2[N+](=O)[O-])CC1. The summed E-state index contributed by atoms with van der Waals surface area (Å²) >= 11 is 0. The molecule has 1 aromatic carbocycles. The Morgan fingerprint density at radius 2 is 2.14 bits per heavy atom. The monoisotopic (exact) mass is 293 g/mol. The maximum absolute atomic E-state index is 11.2. The fourth-order valence-electron chi connectivity index (χ4n) is 2.57. The molecule has 0 amide bonds. The van der Waals surface area contributed by atoms with E-state index in [4.69, 9.17) is 0 Å². The lowest BCUT2D eigenvalue weighted by Gasteiger charge is -2.29. The van der Waals surface area contributed by atoms with Crippen molar-refractivity contribution >= 4 is 17.3 Å². The van der Waals surface area contributed by atoms with E-state index in [1.165, 1.54) is 18.2 Å². The molecule has 114 valence electrons. The van der Waals surface area contributed by atoms with E-state index in [1.54, 1.807) is 0 Å². The third-order valence-corrected chi connectivity index (χ3v) is 3.88. The minimum atomic E-state index is -1.16. The molecule has 1 heterocycles. The minimum Gasteiger partial charge on any atom is -0.478 e. The summed E-state index contributed by atoms with van der Waals surface area (Å²) < 4.78 is 0. The molecule has 7 nitrogen and oxygen atoms in total. The summed E-state index contributed by atoms with van der Waals surface area (Å²) in [6.07, 6.45) is 2.01. The number of para-hydroxylation sites is 1. The zero-order valence-electron chi connectivity index (χ0n) is 11.9. The number of nitrogens with one attached hydrogen (secondary N) is 1. The molecule has 0 aromatic heterocycles. The summed E-state index contributed by atoms with van der Waals surface area (Å²) in [6.45, 7) is 2.54. The number of benzene rings is 1. The van der Waals surface area contributed by atoms with Crippen LogP contribution in [0.1, 0.15) is 23.2 Å². The Bertz CT molecular complexity index is 507. The first-order valence-corrected chi connectivity index (χ1v) is 6.92. The van der Waals surface area contributed by atoms with Crippen LogP contribution in [0.5, 0.6) is 0 Å². The molecule has 0 bridgehead atoms. The highest BCUT2D eigenvalue weighted by Gasteiger charge is 2.23. The van der Waals surface area contributed by atoms with E-state index in [0.717, 1.165) is 25.9 Å². The largest absolute Gasteiger partial charge is 0.478 e. The normalized spacial score (nSPS) is 16.6. The number of hydrogen-bond acceptors (Lipinski definition) is 5. The zero-order valence-corrected chi connectivity index (χ0v) is 11.9. The summed E-state index contributed by atoms with van der Waals surface area (Å²) in [5, 5.41) is 23.2. The lowest BCUT2D eigenvalue weighted by molar-refractivity contribution is -0.384. The molecule has 1 aromatic rings. The summed E-state index contributed by atoms with van der Waals surface area (Å²) in [5.41, 5.74) is -0.145. The summed E-state index contributed by atoms with van der Waals surface area (Å²) in [4.78, 5) is 24.0. The number of anilines is 1. The van der Waals surface area contributed by atoms with Crippen LogP contribution >= 0.6 is 0 Å². The number of rotatable bonds is 5. The minimum absolute atomic E-state index is 0.0582. The van der Waals surface area contributed by atoms with Crippen molar-refractivity contribution in [1.82, 2.24) is 4.90 Å². The highest BCUT2D eigenvalue weighted by Crippen LogP contribution is 2.29. The quantitative estimate of drug-likeness (QED) is 0.637. The van der Waals surface area contributed by atoms with Gasteiger partial charge in [0.15, 0.2) is 0 Å². The number of carboxylic acid groups (broad SMARTS) is 1. The van der Waals surface area contributed by atoms with Crippen LogP contribution in [0.25, 0.3) is 0 Å². The van der Waals surface area contributed by atoms with Crippen molar-refractivity contribution < 1.29 is 14.8 Å². The van der Waals surface area contributed by atoms with Crippen molar-refractivity contribution in [3.63, 3.8) is 0 Å². The zero-order chi connectivity index (χ0) is 15.4. The van der Waals surface area contributed by atoms with Gasteiger partial charge in [0, 0.05) is 12.6 Å². The molecule has 0 spiro atoms. The first-order chi connectivity index (χ1) is 9.99. The number of nitro groups is 1. The van der Waals surface area contributed by atoms with Crippen molar-refractivity contribution in [3.8, 4) is 0 Å². The van der Waals surface area contributed by atoms with E-state index in [-0.39, 0.29) is 16.9 Å². The van der Waals surface area contributed by atoms with Gasteiger partial charge < -0.3 is 15.3 Å². The van der Waals surface area contributed by atoms with Crippen molar-refractivity contribution in [2.75, 3.05) is 32.0 Å². The van der Waals surface area contributed by atoms with E-state index < -0.39 is 10.9 Å². The van der Waals surface area contributed by atoms with Gasteiger partial charge in [0.25, 0.3) is 5.69 Å². The molecular formula is C14H19N3O4. The average Bonchev–Trinajstić information content (AvgIpc) is 2.46. The maximum Gasteiger partial charge on any atom is 0.338 e. The molecule has 1 fully saturated rings. The van der Waals surface area contributed by atoms with Crippen LogP contribution < -0.4 is 5.32 Å². The van der Waals surface area contributed by atoms with Crippen molar-refractivity contribution in [3.05, 3.63) is 33.9 Å². The number of piperidine rings is 1. The van der Waals surface area contributed by atoms with Crippen LogP contribution in [0.4, 0.5) is 11.4 Å². The molecule has 1 saturated heterocycles. The van der Waals surface area contributed by atoms with Crippen molar-refractivity contribution in [2.45, 2.75) is 12.8 Å². The van der Waals surface area contributed by atoms with E-state index >= 15 is 0 Å². The molecule has 1 aliphatic heterocycles. The first kappa shape index (κ1) is 15.2.